The van der Waals surface area contributed by atoms with Gasteiger partial charge in [0.25, 0.3) is 0 Å². The van der Waals surface area contributed by atoms with E-state index in [9.17, 15) is 14.7 Å². The summed E-state index contributed by atoms with van der Waals surface area (Å²) in [6, 6.07) is 6.51. The molecule has 5 nitrogen and oxygen atoms in total. The fraction of sp³-hybridized carbons (Fsp3) is 0. The number of aromatic carboxylic acids is 1. The summed E-state index contributed by atoms with van der Waals surface area (Å²) < 4.78 is 0. The Bertz CT molecular complexity index is 565. The van der Waals surface area contributed by atoms with Crippen LogP contribution in [0.3, 0.4) is 0 Å². The molecule has 0 atom stereocenters. The Labute approximate surface area is 127 Å². The van der Waals surface area contributed by atoms with Crippen LogP contribution in [-0.4, -0.2) is 15.9 Å². The Hall–Kier alpha value is -0.534. The molecule has 0 saturated carbocycles. The normalized spacial score (nSPS) is 9.60. The quantitative estimate of drug-likeness (QED) is 0.509. The molecule has 0 bridgehead atoms. The van der Waals surface area contributed by atoms with Gasteiger partial charge in [0.15, 0.2) is 0 Å². The Balaban J connectivity index is 0.00000112. The Morgan fingerprint density at radius 1 is 1.33 bits per heavy atom. The van der Waals surface area contributed by atoms with E-state index in [0.717, 1.165) is 0 Å². The predicted molar refractivity (Wildman–Crippen MR) is 46.7 cm³/mol. The molecule has 0 amide bonds. The summed E-state index contributed by atoms with van der Waals surface area (Å²) in [5.74, 6) is -1.45. The number of nitrogens with zero attached hydrogens (tertiary/aromatic N) is 1. The average Bonchev–Trinajstić information content (AvgIpc) is 2.16. The molecule has 1 N–H and O–H groups in total. The van der Waals surface area contributed by atoms with Crippen LogP contribution in [0.5, 0.6) is 0 Å². The van der Waals surface area contributed by atoms with Crippen LogP contribution < -0.4 is 62.2 Å². The van der Waals surface area contributed by atoms with E-state index in [1.807, 2.05) is 0 Å². The molecule has 6 heteroatoms. The second-order valence-electron chi connectivity index (χ2n) is 2.72. The van der Waals surface area contributed by atoms with Crippen LogP contribution >= 0.6 is 0 Å². The SMILES string of the molecule is O=C([O-])c1nc(=O)[nH]c2ccccc12.[K+]. The largest absolute Gasteiger partial charge is 1.00 e. The van der Waals surface area contributed by atoms with E-state index in [-0.39, 0.29) is 57.1 Å². The number of fused-ring (bicyclic) bond motifs is 1. The number of rotatable bonds is 1. The van der Waals surface area contributed by atoms with Gasteiger partial charge in [-0.15, -0.1) is 0 Å². The van der Waals surface area contributed by atoms with E-state index >= 15 is 0 Å². The van der Waals surface area contributed by atoms with Crippen molar-refractivity contribution in [2.45, 2.75) is 0 Å². The van der Waals surface area contributed by atoms with E-state index in [0.29, 0.717) is 10.9 Å². The van der Waals surface area contributed by atoms with Crippen LogP contribution in [0.2, 0.25) is 0 Å². The zero-order valence-electron chi connectivity index (χ0n) is 7.98. The molecule has 0 unspecified atom stereocenters. The first-order valence-electron chi connectivity index (χ1n) is 3.89. The summed E-state index contributed by atoms with van der Waals surface area (Å²) in [7, 11) is 0. The van der Waals surface area contributed by atoms with Crippen LogP contribution in [0.4, 0.5) is 0 Å². The maximum absolute atomic E-state index is 11.0. The van der Waals surface area contributed by atoms with Gasteiger partial charge in [0.1, 0.15) is 5.69 Å². The van der Waals surface area contributed by atoms with Gasteiger partial charge in [-0.2, -0.15) is 4.98 Å². The van der Waals surface area contributed by atoms with Crippen molar-refractivity contribution in [1.82, 2.24) is 9.97 Å². The third-order valence-corrected chi connectivity index (χ3v) is 1.83. The predicted octanol–water partition coefficient (Wildman–Crippen LogP) is -3.71. The number of nitrogens with one attached hydrogen (secondary N) is 1. The number of hydrogen-bond acceptors (Lipinski definition) is 4. The van der Waals surface area contributed by atoms with Crippen LogP contribution in [0, 0.1) is 0 Å². The fourth-order valence-corrected chi connectivity index (χ4v) is 1.26. The smallest absolute Gasteiger partial charge is 0.543 e. The van der Waals surface area contributed by atoms with E-state index in [4.69, 9.17) is 0 Å². The zero-order chi connectivity index (χ0) is 10.1. The minimum Gasteiger partial charge on any atom is -0.543 e. The molecule has 1 aromatic heterocycles. The summed E-state index contributed by atoms with van der Waals surface area (Å²) in [6.07, 6.45) is 0. The number of para-hydroxylation sites is 1. The van der Waals surface area contributed by atoms with E-state index in [2.05, 4.69) is 9.97 Å². The number of aromatic amines is 1. The molecule has 0 fully saturated rings. The molecule has 0 aliphatic heterocycles. The minimum absolute atomic E-state index is 0. The summed E-state index contributed by atoms with van der Waals surface area (Å²) >= 11 is 0. The molecule has 2 rings (SSSR count). The van der Waals surface area contributed by atoms with E-state index < -0.39 is 11.7 Å². The van der Waals surface area contributed by atoms with Gasteiger partial charge in [-0.05, 0) is 6.07 Å². The molecule has 0 radical (unpaired) electrons. The second kappa shape index (κ2) is 5.00. The molecule has 0 aliphatic carbocycles. The molecule has 0 aliphatic rings. The zero-order valence-corrected chi connectivity index (χ0v) is 11.1. The van der Waals surface area contributed by atoms with Crippen LogP contribution in [-0.2, 0) is 0 Å². The van der Waals surface area contributed by atoms with Gasteiger partial charge in [0.05, 0.1) is 11.5 Å². The number of carbonyl (C=O) groups is 1. The fourth-order valence-electron chi connectivity index (χ4n) is 1.26. The number of aromatic nitrogens is 2. The Kier molecular flexibility index (Phi) is 4.18. The van der Waals surface area contributed by atoms with Crippen molar-refractivity contribution in [1.29, 1.82) is 0 Å². The third kappa shape index (κ3) is 2.53. The van der Waals surface area contributed by atoms with Gasteiger partial charge in [0, 0.05) is 5.39 Å². The number of carboxylic acids is 1. The summed E-state index contributed by atoms with van der Waals surface area (Å²) in [4.78, 5) is 27.3. The van der Waals surface area contributed by atoms with Gasteiger partial charge in [0.2, 0.25) is 0 Å². The van der Waals surface area contributed by atoms with Gasteiger partial charge in [-0.25, -0.2) is 4.79 Å². The summed E-state index contributed by atoms with van der Waals surface area (Å²) in [6.45, 7) is 0. The number of hydrogen-bond donors (Lipinski definition) is 1. The van der Waals surface area contributed by atoms with E-state index in [1.54, 1.807) is 24.3 Å². The molecule has 0 saturated heterocycles. The van der Waals surface area contributed by atoms with Crippen molar-refractivity contribution < 1.29 is 61.3 Å². The van der Waals surface area contributed by atoms with Gasteiger partial charge in [-0.1, -0.05) is 18.2 Å². The third-order valence-electron chi connectivity index (χ3n) is 1.83. The standard InChI is InChI=1S/C9H6N2O3.K/c12-8(13)7-5-3-1-2-4-6(5)10-9(14)11-7;/h1-4H,(H,12,13)(H,10,11,14);/q;+1/p-1. The Morgan fingerprint density at radius 3 is 2.67 bits per heavy atom. The monoisotopic (exact) mass is 228 g/mol. The molecular weight excluding hydrogens is 223 g/mol. The molecule has 1 heterocycles. The first-order valence-corrected chi connectivity index (χ1v) is 3.89. The molecule has 0 spiro atoms. The van der Waals surface area contributed by atoms with Crippen molar-refractivity contribution in [3.05, 3.63) is 40.4 Å². The molecule has 1 aromatic carbocycles. The molecular formula is C9H5KN2O3. The van der Waals surface area contributed by atoms with Crippen molar-refractivity contribution in [2.75, 3.05) is 0 Å². The summed E-state index contributed by atoms with van der Waals surface area (Å²) in [5.41, 5.74) is -0.584. The first-order chi connectivity index (χ1) is 6.68. The molecule has 15 heavy (non-hydrogen) atoms. The van der Waals surface area contributed by atoms with Gasteiger partial charge < -0.3 is 14.9 Å². The van der Waals surface area contributed by atoms with E-state index in [1.165, 1.54) is 0 Å². The number of carbonyl (C=O) groups excluding carboxylic acids is 1. The maximum atomic E-state index is 11.0. The first kappa shape index (κ1) is 12.5. The van der Waals surface area contributed by atoms with Gasteiger partial charge >= 0.3 is 57.1 Å². The topological polar surface area (TPSA) is 85.9 Å². The number of carboxylic acid groups (broad SMARTS) is 1. The maximum Gasteiger partial charge on any atom is 1.00 e. The summed E-state index contributed by atoms with van der Waals surface area (Å²) in [5, 5.41) is 11.0. The van der Waals surface area contributed by atoms with Crippen LogP contribution in [0.15, 0.2) is 29.1 Å². The van der Waals surface area contributed by atoms with Gasteiger partial charge in [-0.3, -0.25) is 0 Å². The number of benzene rings is 1. The average molecular weight is 228 g/mol. The molecule has 2 aromatic rings. The van der Waals surface area contributed by atoms with Crippen LogP contribution in [0.1, 0.15) is 10.5 Å². The Morgan fingerprint density at radius 2 is 2.00 bits per heavy atom. The van der Waals surface area contributed by atoms with Crippen molar-refractivity contribution in [3.8, 4) is 0 Å². The molecule has 70 valence electrons. The van der Waals surface area contributed by atoms with Crippen molar-refractivity contribution >= 4 is 16.9 Å². The van der Waals surface area contributed by atoms with Crippen molar-refractivity contribution in [2.24, 2.45) is 0 Å². The second-order valence-corrected chi connectivity index (χ2v) is 2.72. The van der Waals surface area contributed by atoms with Crippen molar-refractivity contribution in [3.63, 3.8) is 0 Å². The minimum atomic E-state index is -1.45. The van der Waals surface area contributed by atoms with Crippen LogP contribution in [0.25, 0.3) is 10.9 Å². The number of H-pyrrole nitrogens is 1.